The van der Waals surface area contributed by atoms with Gasteiger partial charge in [0, 0.05) is 23.7 Å². The van der Waals surface area contributed by atoms with E-state index >= 15 is 0 Å². The third-order valence-electron chi connectivity index (χ3n) is 2.64. The van der Waals surface area contributed by atoms with Crippen LogP contribution < -0.4 is 5.32 Å². The Hall–Kier alpha value is -1.99. The largest absolute Gasteiger partial charge is 0.393 e. The highest BCUT2D eigenvalue weighted by molar-refractivity contribution is 5.95. The first-order chi connectivity index (χ1) is 8.76. The molecule has 0 spiro atoms. The van der Waals surface area contributed by atoms with E-state index in [1.54, 1.807) is 6.92 Å². The van der Waals surface area contributed by atoms with Crippen LogP contribution in [-0.4, -0.2) is 39.8 Å². The number of nitrogens with one attached hydrogen (secondary N) is 1. The van der Waals surface area contributed by atoms with Crippen LogP contribution in [0.25, 0.3) is 0 Å². The average Bonchev–Trinajstić information content (AvgIpc) is 2.36. The zero-order chi connectivity index (χ0) is 14.6. The van der Waals surface area contributed by atoms with Crippen LogP contribution in [0.5, 0.6) is 0 Å². The van der Waals surface area contributed by atoms with Gasteiger partial charge in [-0.25, -0.2) is 0 Å². The lowest BCUT2D eigenvalue weighted by Gasteiger charge is -2.20. The van der Waals surface area contributed by atoms with Gasteiger partial charge in [0.2, 0.25) is 0 Å². The van der Waals surface area contributed by atoms with Crippen molar-refractivity contribution in [1.82, 2.24) is 5.32 Å². The molecule has 1 unspecified atom stereocenters. The molecule has 0 aliphatic carbocycles. The predicted octanol–water partition coefficient (Wildman–Crippen LogP) is 0.376. The summed E-state index contributed by atoms with van der Waals surface area (Å²) < 4.78 is 0. The zero-order valence-corrected chi connectivity index (χ0v) is 10.7. The van der Waals surface area contributed by atoms with E-state index in [4.69, 9.17) is 5.11 Å². The first-order valence-corrected chi connectivity index (χ1v) is 5.63. The Labute approximate surface area is 110 Å². The Kier molecular flexibility index (Phi) is 4.57. The van der Waals surface area contributed by atoms with Crippen molar-refractivity contribution in [3.63, 3.8) is 0 Å². The summed E-state index contributed by atoms with van der Waals surface area (Å²) >= 11 is 0. The molecule has 0 radical (unpaired) electrons. The molecule has 7 nitrogen and oxygen atoms in total. The summed E-state index contributed by atoms with van der Waals surface area (Å²) in [6.45, 7) is 2.30. The van der Waals surface area contributed by atoms with E-state index in [0.717, 1.165) is 0 Å². The normalized spacial score (nSPS) is 13.7. The summed E-state index contributed by atoms with van der Waals surface area (Å²) in [4.78, 5) is 22.0. The number of nitrogens with zero attached hydrogens (tertiary/aromatic N) is 1. The van der Waals surface area contributed by atoms with E-state index in [0.29, 0.717) is 5.56 Å². The second kappa shape index (κ2) is 5.77. The molecule has 0 heterocycles. The van der Waals surface area contributed by atoms with E-state index in [9.17, 15) is 20.0 Å². The van der Waals surface area contributed by atoms with Gasteiger partial charge in [-0.2, -0.15) is 0 Å². The second-order valence-corrected chi connectivity index (χ2v) is 4.60. The molecule has 0 aliphatic rings. The van der Waals surface area contributed by atoms with Crippen LogP contribution in [0, 0.1) is 17.0 Å². The Morgan fingerprint density at radius 1 is 1.53 bits per heavy atom. The second-order valence-electron chi connectivity index (χ2n) is 4.60. The van der Waals surface area contributed by atoms with E-state index in [1.165, 1.54) is 25.1 Å². The number of hydrogen-bond donors (Lipinski definition) is 3. The highest BCUT2D eigenvalue weighted by Gasteiger charge is 2.21. The Morgan fingerprint density at radius 3 is 2.68 bits per heavy atom. The first-order valence-electron chi connectivity index (χ1n) is 5.63. The highest BCUT2D eigenvalue weighted by Crippen LogP contribution is 2.19. The van der Waals surface area contributed by atoms with Crippen molar-refractivity contribution in [2.24, 2.45) is 0 Å². The number of amides is 1. The molecule has 0 saturated heterocycles. The van der Waals surface area contributed by atoms with Crippen LogP contribution in [0.1, 0.15) is 22.8 Å². The van der Waals surface area contributed by atoms with Crippen LogP contribution in [-0.2, 0) is 0 Å². The van der Waals surface area contributed by atoms with Gasteiger partial charge in [-0.05, 0) is 19.9 Å². The van der Waals surface area contributed by atoms with E-state index < -0.39 is 23.0 Å². The van der Waals surface area contributed by atoms with Crippen LogP contribution in [0.4, 0.5) is 5.69 Å². The Morgan fingerprint density at radius 2 is 2.16 bits per heavy atom. The topological polar surface area (TPSA) is 113 Å². The number of benzene rings is 1. The van der Waals surface area contributed by atoms with Crippen LogP contribution >= 0.6 is 0 Å². The Balaban J connectivity index is 2.84. The number of rotatable bonds is 5. The fraction of sp³-hybridized carbons (Fsp3) is 0.417. The third kappa shape index (κ3) is 4.01. The lowest BCUT2D eigenvalue weighted by Crippen LogP contribution is -2.43. The smallest absolute Gasteiger partial charge is 0.273 e. The standard InChI is InChI=1S/C12H16N2O5/c1-8-3-4-9(5-10(8)14(18)19)11(16)13-6-12(2,17)7-15/h3-5,15,17H,6-7H2,1-2H3,(H,13,16). The van der Waals surface area contributed by atoms with Gasteiger partial charge in [-0.3, -0.25) is 14.9 Å². The number of carbonyl (C=O) groups excluding carboxylic acids is 1. The number of carbonyl (C=O) groups is 1. The molecule has 0 aliphatic heterocycles. The molecule has 1 rings (SSSR count). The summed E-state index contributed by atoms with van der Waals surface area (Å²) in [5, 5.41) is 31.5. The van der Waals surface area contributed by atoms with Crippen molar-refractivity contribution in [3.05, 3.63) is 39.4 Å². The molecule has 7 heteroatoms. The molecule has 104 valence electrons. The van der Waals surface area contributed by atoms with Gasteiger partial charge in [0.05, 0.1) is 11.5 Å². The quantitative estimate of drug-likeness (QED) is 0.527. The minimum Gasteiger partial charge on any atom is -0.393 e. The monoisotopic (exact) mass is 268 g/mol. The van der Waals surface area contributed by atoms with Crippen molar-refractivity contribution in [2.45, 2.75) is 19.4 Å². The SMILES string of the molecule is Cc1ccc(C(=O)NCC(C)(O)CO)cc1[N+](=O)[O-]. The maximum Gasteiger partial charge on any atom is 0.273 e. The van der Waals surface area contributed by atoms with Gasteiger partial charge in [0.25, 0.3) is 11.6 Å². The van der Waals surface area contributed by atoms with E-state index in [-0.39, 0.29) is 17.8 Å². The summed E-state index contributed by atoms with van der Waals surface area (Å²) in [5.41, 5.74) is -0.969. The summed E-state index contributed by atoms with van der Waals surface area (Å²) in [6.07, 6.45) is 0. The predicted molar refractivity (Wildman–Crippen MR) is 67.9 cm³/mol. The van der Waals surface area contributed by atoms with Gasteiger partial charge >= 0.3 is 0 Å². The zero-order valence-electron chi connectivity index (χ0n) is 10.7. The van der Waals surface area contributed by atoms with Crippen molar-refractivity contribution in [2.75, 3.05) is 13.2 Å². The fourth-order valence-electron chi connectivity index (χ4n) is 1.38. The minimum atomic E-state index is -1.42. The fourth-order valence-corrected chi connectivity index (χ4v) is 1.38. The van der Waals surface area contributed by atoms with E-state index in [2.05, 4.69) is 5.32 Å². The lowest BCUT2D eigenvalue weighted by atomic mass is 10.1. The molecule has 1 atom stereocenters. The number of nitro groups is 1. The molecule has 3 N–H and O–H groups in total. The molecule has 0 bridgehead atoms. The van der Waals surface area contributed by atoms with Crippen LogP contribution in [0.3, 0.4) is 0 Å². The highest BCUT2D eigenvalue weighted by atomic mass is 16.6. The summed E-state index contributed by atoms with van der Waals surface area (Å²) in [6, 6.07) is 4.13. The van der Waals surface area contributed by atoms with Gasteiger partial charge in [0.15, 0.2) is 0 Å². The minimum absolute atomic E-state index is 0.131. The third-order valence-corrected chi connectivity index (χ3v) is 2.64. The maximum atomic E-state index is 11.8. The summed E-state index contributed by atoms with van der Waals surface area (Å²) in [5.74, 6) is -0.545. The van der Waals surface area contributed by atoms with Gasteiger partial charge < -0.3 is 15.5 Å². The summed E-state index contributed by atoms with van der Waals surface area (Å²) in [7, 11) is 0. The van der Waals surface area contributed by atoms with Crippen LogP contribution in [0.15, 0.2) is 18.2 Å². The molecule has 1 amide bonds. The number of aliphatic hydroxyl groups is 2. The van der Waals surface area contributed by atoms with Crippen molar-refractivity contribution in [1.29, 1.82) is 0 Å². The average molecular weight is 268 g/mol. The number of aryl methyl sites for hydroxylation is 1. The van der Waals surface area contributed by atoms with Crippen molar-refractivity contribution < 1.29 is 19.9 Å². The van der Waals surface area contributed by atoms with Gasteiger partial charge in [-0.1, -0.05) is 6.07 Å². The van der Waals surface area contributed by atoms with Gasteiger partial charge in [-0.15, -0.1) is 0 Å². The molecule has 1 aromatic carbocycles. The molecule has 0 fully saturated rings. The van der Waals surface area contributed by atoms with Crippen molar-refractivity contribution >= 4 is 11.6 Å². The molecule has 0 saturated carbocycles. The lowest BCUT2D eigenvalue weighted by molar-refractivity contribution is -0.385. The van der Waals surface area contributed by atoms with Gasteiger partial charge in [0.1, 0.15) is 5.60 Å². The molecule has 1 aromatic rings. The molecule has 0 aromatic heterocycles. The molecular formula is C12H16N2O5. The molecular weight excluding hydrogens is 252 g/mol. The van der Waals surface area contributed by atoms with E-state index in [1.807, 2.05) is 0 Å². The maximum absolute atomic E-state index is 11.8. The first kappa shape index (κ1) is 15.1. The molecule has 19 heavy (non-hydrogen) atoms. The number of hydrogen-bond acceptors (Lipinski definition) is 5. The Bertz CT molecular complexity index is 499. The number of nitro benzene ring substituents is 1. The van der Waals surface area contributed by atoms with Crippen molar-refractivity contribution in [3.8, 4) is 0 Å². The number of aliphatic hydroxyl groups excluding tert-OH is 1. The van der Waals surface area contributed by atoms with Crippen LogP contribution in [0.2, 0.25) is 0 Å².